The first-order chi connectivity index (χ1) is 8.93. The van der Waals surface area contributed by atoms with E-state index in [1.54, 1.807) is 6.92 Å². The summed E-state index contributed by atoms with van der Waals surface area (Å²) in [5, 5.41) is 3.52. The molecule has 19 heavy (non-hydrogen) atoms. The van der Waals surface area contributed by atoms with Crippen LogP contribution in [-0.4, -0.2) is 11.6 Å². The van der Waals surface area contributed by atoms with Gasteiger partial charge in [0, 0.05) is 5.69 Å². The van der Waals surface area contributed by atoms with Gasteiger partial charge < -0.3 is 4.52 Å². The summed E-state index contributed by atoms with van der Waals surface area (Å²) in [5.41, 5.74) is -0.0896. The summed E-state index contributed by atoms with van der Waals surface area (Å²) in [7, 11) is 0. The summed E-state index contributed by atoms with van der Waals surface area (Å²) in [6.45, 7) is 1.60. The number of anilines is 2. The van der Waals surface area contributed by atoms with E-state index in [0.29, 0.717) is 23.5 Å². The van der Waals surface area contributed by atoms with Crippen LogP contribution in [0.3, 0.4) is 0 Å². The van der Waals surface area contributed by atoms with Crippen LogP contribution in [0.4, 0.5) is 24.5 Å². The molecule has 0 radical (unpaired) electrons. The molecule has 7 heteroatoms. The number of halogens is 3. The molecule has 0 aliphatic carbocycles. The van der Waals surface area contributed by atoms with Crippen LogP contribution in [0.5, 0.6) is 0 Å². The van der Waals surface area contributed by atoms with E-state index in [-0.39, 0.29) is 0 Å². The van der Waals surface area contributed by atoms with Crippen LogP contribution in [0, 0.1) is 6.92 Å². The van der Waals surface area contributed by atoms with Crippen LogP contribution in [0.1, 0.15) is 11.3 Å². The molecule has 0 atom stereocenters. The molecule has 1 amide bonds. The second-order valence-corrected chi connectivity index (χ2v) is 3.79. The van der Waals surface area contributed by atoms with E-state index >= 15 is 0 Å². The highest BCUT2D eigenvalue weighted by atomic mass is 19.4. The summed E-state index contributed by atoms with van der Waals surface area (Å²) in [4.78, 5) is 12.2. The van der Waals surface area contributed by atoms with Crippen molar-refractivity contribution >= 4 is 17.8 Å². The van der Waals surface area contributed by atoms with Gasteiger partial charge in [0.15, 0.2) is 5.76 Å². The van der Waals surface area contributed by atoms with Gasteiger partial charge in [-0.05, 0) is 31.2 Å². The number of aryl methyl sites for hydroxylation is 1. The van der Waals surface area contributed by atoms with Gasteiger partial charge in [-0.25, -0.2) is 0 Å². The van der Waals surface area contributed by atoms with Gasteiger partial charge >= 0.3 is 6.18 Å². The quantitative estimate of drug-likeness (QED) is 0.804. The molecule has 0 fully saturated rings. The van der Waals surface area contributed by atoms with Gasteiger partial charge in [0.05, 0.1) is 11.8 Å². The summed E-state index contributed by atoms with van der Waals surface area (Å²) in [6.07, 6.45) is -2.60. The van der Waals surface area contributed by atoms with Crippen molar-refractivity contribution in [2.45, 2.75) is 13.1 Å². The Balaban J connectivity index is 2.35. The predicted octanol–water partition coefficient (Wildman–Crippen LogP) is 3.30. The Morgan fingerprint density at radius 3 is 2.32 bits per heavy atom. The van der Waals surface area contributed by atoms with E-state index < -0.39 is 11.7 Å². The smallest absolute Gasteiger partial charge is 0.359 e. The summed E-state index contributed by atoms with van der Waals surface area (Å²) in [5.74, 6) is 0.395. The van der Waals surface area contributed by atoms with Gasteiger partial charge in [0.1, 0.15) is 5.69 Å². The van der Waals surface area contributed by atoms with E-state index in [4.69, 9.17) is 4.52 Å². The normalized spacial score (nSPS) is 11.4. The van der Waals surface area contributed by atoms with E-state index in [9.17, 15) is 18.0 Å². The van der Waals surface area contributed by atoms with Crippen molar-refractivity contribution < 1.29 is 22.5 Å². The molecule has 2 rings (SSSR count). The molecule has 0 bridgehead atoms. The topological polar surface area (TPSA) is 46.3 Å². The lowest BCUT2D eigenvalue weighted by Crippen LogP contribution is -2.14. The Kier molecular flexibility index (Phi) is 3.28. The van der Waals surface area contributed by atoms with Crippen LogP contribution in [-0.2, 0) is 11.0 Å². The van der Waals surface area contributed by atoms with E-state index in [2.05, 4.69) is 5.16 Å². The standard InChI is InChI=1S/C12H9F3N2O2/c1-8-11(6-16-19-8)17(7-18)10-4-2-9(3-5-10)12(13,14)15/h2-7H,1H3. The third-order valence-corrected chi connectivity index (χ3v) is 2.56. The predicted molar refractivity (Wildman–Crippen MR) is 60.9 cm³/mol. The van der Waals surface area contributed by atoms with Crippen LogP contribution >= 0.6 is 0 Å². The molecule has 4 nitrogen and oxygen atoms in total. The largest absolute Gasteiger partial charge is 0.416 e. The molecule has 0 aliphatic heterocycles. The lowest BCUT2D eigenvalue weighted by molar-refractivity contribution is -0.137. The second kappa shape index (κ2) is 4.75. The second-order valence-electron chi connectivity index (χ2n) is 3.79. The SMILES string of the molecule is Cc1oncc1N(C=O)c1ccc(C(F)(F)F)cc1. The fraction of sp³-hybridized carbons (Fsp3) is 0.167. The molecular formula is C12H9F3N2O2. The zero-order chi connectivity index (χ0) is 14.0. The zero-order valence-corrected chi connectivity index (χ0v) is 9.81. The highest BCUT2D eigenvalue weighted by molar-refractivity contribution is 5.86. The molecule has 100 valence electrons. The molecule has 0 spiro atoms. The fourth-order valence-corrected chi connectivity index (χ4v) is 1.59. The number of carbonyl (C=O) groups excluding carboxylic acids is 1. The number of amides is 1. The Bertz CT molecular complexity index is 575. The Morgan fingerprint density at radius 1 is 1.26 bits per heavy atom. The third-order valence-electron chi connectivity index (χ3n) is 2.56. The van der Waals surface area contributed by atoms with Crippen molar-refractivity contribution in [3.8, 4) is 0 Å². The molecule has 0 saturated heterocycles. The molecule has 1 heterocycles. The van der Waals surface area contributed by atoms with Crippen molar-refractivity contribution in [2.24, 2.45) is 0 Å². The zero-order valence-electron chi connectivity index (χ0n) is 9.81. The molecule has 1 aromatic heterocycles. The minimum atomic E-state index is -4.41. The average Bonchev–Trinajstić information content (AvgIpc) is 2.76. The van der Waals surface area contributed by atoms with Gasteiger partial charge in [0.2, 0.25) is 6.41 Å². The molecule has 0 N–H and O–H groups in total. The van der Waals surface area contributed by atoms with Crippen LogP contribution in [0.15, 0.2) is 35.0 Å². The molecule has 2 aromatic rings. The number of hydrogen-bond acceptors (Lipinski definition) is 3. The third kappa shape index (κ3) is 2.59. The fourth-order valence-electron chi connectivity index (χ4n) is 1.59. The van der Waals surface area contributed by atoms with Crippen molar-refractivity contribution in [1.29, 1.82) is 0 Å². The summed E-state index contributed by atoms with van der Waals surface area (Å²) < 4.78 is 42.1. The van der Waals surface area contributed by atoms with Crippen LogP contribution in [0.25, 0.3) is 0 Å². The van der Waals surface area contributed by atoms with E-state index in [0.717, 1.165) is 17.0 Å². The Hall–Kier alpha value is -2.31. The van der Waals surface area contributed by atoms with Gasteiger partial charge in [-0.15, -0.1) is 0 Å². The lowest BCUT2D eigenvalue weighted by Gasteiger charge is -2.16. The Morgan fingerprint density at radius 2 is 1.89 bits per heavy atom. The molecule has 1 aromatic carbocycles. The van der Waals surface area contributed by atoms with E-state index in [1.165, 1.54) is 18.3 Å². The monoisotopic (exact) mass is 270 g/mol. The first kappa shape index (κ1) is 13.1. The first-order valence-corrected chi connectivity index (χ1v) is 5.26. The maximum absolute atomic E-state index is 12.4. The summed E-state index contributed by atoms with van der Waals surface area (Å²) in [6, 6.07) is 4.25. The number of aromatic nitrogens is 1. The number of rotatable bonds is 3. The minimum absolute atomic E-state index is 0.300. The molecule has 0 unspecified atom stereocenters. The molecule has 0 saturated carbocycles. The van der Waals surface area contributed by atoms with Crippen molar-refractivity contribution in [3.63, 3.8) is 0 Å². The summed E-state index contributed by atoms with van der Waals surface area (Å²) >= 11 is 0. The Labute approximate surface area is 106 Å². The van der Waals surface area contributed by atoms with Crippen molar-refractivity contribution in [2.75, 3.05) is 4.90 Å². The maximum atomic E-state index is 12.4. The number of alkyl halides is 3. The number of benzene rings is 1. The highest BCUT2D eigenvalue weighted by Crippen LogP contribution is 2.32. The highest BCUT2D eigenvalue weighted by Gasteiger charge is 2.30. The number of nitrogens with zero attached hydrogens (tertiary/aromatic N) is 2. The van der Waals surface area contributed by atoms with Crippen molar-refractivity contribution in [1.82, 2.24) is 5.16 Å². The van der Waals surface area contributed by atoms with Gasteiger partial charge in [-0.3, -0.25) is 9.69 Å². The van der Waals surface area contributed by atoms with Gasteiger partial charge in [0.25, 0.3) is 0 Å². The molecule has 0 aliphatic rings. The lowest BCUT2D eigenvalue weighted by atomic mass is 10.2. The average molecular weight is 270 g/mol. The minimum Gasteiger partial charge on any atom is -0.359 e. The van der Waals surface area contributed by atoms with E-state index in [1.807, 2.05) is 0 Å². The molecular weight excluding hydrogens is 261 g/mol. The van der Waals surface area contributed by atoms with Crippen LogP contribution < -0.4 is 4.90 Å². The number of carbonyl (C=O) groups is 1. The number of hydrogen-bond donors (Lipinski definition) is 0. The van der Waals surface area contributed by atoms with Crippen molar-refractivity contribution in [3.05, 3.63) is 41.8 Å². The van der Waals surface area contributed by atoms with Gasteiger partial charge in [-0.1, -0.05) is 5.16 Å². The maximum Gasteiger partial charge on any atom is 0.416 e. The van der Waals surface area contributed by atoms with Crippen LogP contribution in [0.2, 0.25) is 0 Å². The van der Waals surface area contributed by atoms with Gasteiger partial charge in [-0.2, -0.15) is 13.2 Å². The first-order valence-electron chi connectivity index (χ1n) is 5.26.